The van der Waals surface area contributed by atoms with Crippen LogP contribution < -0.4 is 4.74 Å². The number of fused-ring (bicyclic) bond motifs is 1. The van der Waals surface area contributed by atoms with Crippen molar-refractivity contribution >= 4 is 10.9 Å². The third-order valence-corrected chi connectivity index (χ3v) is 2.62. The summed E-state index contributed by atoms with van der Waals surface area (Å²) >= 11 is 0. The van der Waals surface area contributed by atoms with E-state index in [0.29, 0.717) is 0 Å². The zero-order chi connectivity index (χ0) is 11.5. The molecule has 0 bridgehead atoms. The van der Waals surface area contributed by atoms with E-state index in [1.807, 2.05) is 33.2 Å². The minimum atomic E-state index is 0.718. The third-order valence-electron chi connectivity index (χ3n) is 2.62. The minimum Gasteiger partial charge on any atom is -0.490 e. The van der Waals surface area contributed by atoms with Gasteiger partial charge in [0, 0.05) is 17.4 Å². The maximum Gasteiger partial charge on any atom is 0.147 e. The average Bonchev–Trinajstić information content (AvgIpc) is 2.55. The number of hydrogen-bond donors (Lipinski definition) is 1. The summed E-state index contributed by atoms with van der Waals surface area (Å²) in [6.45, 7) is 3.69. The molecule has 0 amide bonds. The Hall–Kier alpha value is -1.48. The zero-order valence-corrected chi connectivity index (χ0v) is 10.1. The van der Waals surface area contributed by atoms with Gasteiger partial charge in [-0.1, -0.05) is 12.1 Å². The van der Waals surface area contributed by atoms with Gasteiger partial charge in [-0.15, -0.1) is 0 Å². The number of aromatic nitrogens is 1. The second-order valence-electron chi connectivity index (χ2n) is 4.28. The van der Waals surface area contributed by atoms with Crippen LogP contribution in [0.4, 0.5) is 0 Å². The Morgan fingerprint density at radius 2 is 2.00 bits per heavy atom. The van der Waals surface area contributed by atoms with Gasteiger partial charge in [-0.2, -0.15) is 0 Å². The topological polar surface area (TPSA) is 28.3 Å². The van der Waals surface area contributed by atoms with Gasteiger partial charge in [0.05, 0.1) is 5.69 Å². The summed E-state index contributed by atoms with van der Waals surface area (Å²) in [5, 5.41) is 1.17. The Morgan fingerprint density at radius 1 is 1.25 bits per heavy atom. The predicted molar refractivity (Wildman–Crippen MR) is 67.1 cm³/mol. The van der Waals surface area contributed by atoms with E-state index in [0.717, 1.165) is 30.1 Å². The molecule has 0 saturated carbocycles. The van der Waals surface area contributed by atoms with E-state index < -0.39 is 0 Å². The van der Waals surface area contributed by atoms with Crippen molar-refractivity contribution in [1.29, 1.82) is 0 Å². The van der Waals surface area contributed by atoms with Crippen molar-refractivity contribution in [3.63, 3.8) is 0 Å². The molecule has 0 atom stereocenters. The van der Waals surface area contributed by atoms with E-state index in [4.69, 9.17) is 4.74 Å². The molecular weight excluding hydrogens is 200 g/mol. The van der Waals surface area contributed by atoms with Crippen molar-refractivity contribution in [2.24, 2.45) is 0 Å². The lowest BCUT2D eigenvalue weighted by Crippen LogP contribution is -2.19. The molecule has 1 N–H and O–H groups in total. The van der Waals surface area contributed by atoms with E-state index in [-0.39, 0.29) is 0 Å². The first kappa shape index (κ1) is 11.0. The largest absolute Gasteiger partial charge is 0.490 e. The van der Waals surface area contributed by atoms with Crippen LogP contribution in [0.15, 0.2) is 24.3 Å². The first-order valence-electron chi connectivity index (χ1n) is 5.53. The van der Waals surface area contributed by atoms with Crippen LogP contribution in [0.1, 0.15) is 5.69 Å². The van der Waals surface area contributed by atoms with Crippen LogP contribution in [0.3, 0.4) is 0 Å². The monoisotopic (exact) mass is 218 g/mol. The fourth-order valence-corrected chi connectivity index (χ4v) is 1.77. The summed E-state index contributed by atoms with van der Waals surface area (Å²) in [6.07, 6.45) is 0. The molecule has 0 unspecified atom stereocenters. The summed E-state index contributed by atoms with van der Waals surface area (Å²) in [6, 6.07) is 8.22. The van der Waals surface area contributed by atoms with Gasteiger partial charge < -0.3 is 14.6 Å². The fraction of sp³-hybridized carbons (Fsp3) is 0.385. The van der Waals surface area contributed by atoms with Gasteiger partial charge in [-0.05, 0) is 33.2 Å². The van der Waals surface area contributed by atoms with Crippen LogP contribution >= 0.6 is 0 Å². The van der Waals surface area contributed by atoms with E-state index in [1.54, 1.807) is 0 Å². The molecule has 0 spiro atoms. The molecule has 0 aliphatic heterocycles. The van der Waals surface area contributed by atoms with E-state index in [9.17, 15) is 0 Å². The Kier molecular flexibility index (Phi) is 3.15. The van der Waals surface area contributed by atoms with E-state index >= 15 is 0 Å². The maximum atomic E-state index is 5.83. The van der Waals surface area contributed by atoms with Crippen molar-refractivity contribution in [2.45, 2.75) is 6.92 Å². The Bertz CT molecular complexity index is 474. The lowest BCUT2D eigenvalue weighted by Gasteiger charge is -2.10. The van der Waals surface area contributed by atoms with Crippen molar-refractivity contribution in [3.8, 4) is 5.75 Å². The molecule has 86 valence electrons. The highest BCUT2D eigenvalue weighted by Gasteiger charge is 2.08. The van der Waals surface area contributed by atoms with Gasteiger partial charge in [0.2, 0.25) is 0 Å². The van der Waals surface area contributed by atoms with E-state index in [2.05, 4.69) is 22.0 Å². The molecule has 0 aliphatic rings. The number of likely N-dealkylation sites (N-methyl/N-ethyl adjacent to an activating group) is 1. The van der Waals surface area contributed by atoms with E-state index in [1.165, 1.54) is 5.39 Å². The number of nitrogens with zero attached hydrogens (tertiary/aromatic N) is 1. The average molecular weight is 218 g/mol. The van der Waals surface area contributed by atoms with Crippen LogP contribution in [0.25, 0.3) is 10.9 Å². The zero-order valence-electron chi connectivity index (χ0n) is 10.1. The van der Waals surface area contributed by atoms with Gasteiger partial charge in [0.25, 0.3) is 0 Å². The molecule has 0 radical (unpaired) electrons. The van der Waals surface area contributed by atoms with Gasteiger partial charge >= 0.3 is 0 Å². The number of ether oxygens (including phenoxy) is 1. The summed E-state index contributed by atoms with van der Waals surface area (Å²) < 4.78 is 5.83. The van der Waals surface area contributed by atoms with Crippen LogP contribution in [0.2, 0.25) is 0 Å². The van der Waals surface area contributed by atoms with Crippen LogP contribution in [0.5, 0.6) is 5.75 Å². The number of aryl methyl sites for hydroxylation is 1. The lowest BCUT2D eigenvalue weighted by molar-refractivity contribution is 0.262. The molecule has 1 aromatic carbocycles. The third kappa shape index (κ3) is 2.19. The molecule has 2 rings (SSSR count). The molecule has 3 heteroatoms. The Morgan fingerprint density at radius 3 is 2.75 bits per heavy atom. The SMILES string of the molecule is Cc1[nH]c2ccccc2c1OCCN(C)C. The number of nitrogens with one attached hydrogen (secondary N) is 1. The highest BCUT2D eigenvalue weighted by Crippen LogP contribution is 2.29. The number of rotatable bonds is 4. The molecular formula is C13H18N2O. The molecule has 1 heterocycles. The molecule has 16 heavy (non-hydrogen) atoms. The molecule has 0 fully saturated rings. The number of aromatic amines is 1. The normalized spacial score (nSPS) is 11.2. The van der Waals surface area contributed by atoms with Crippen LogP contribution in [0, 0.1) is 6.92 Å². The van der Waals surface area contributed by atoms with Crippen LogP contribution in [-0.2, 0) is 0 Å². The molecule has 3 nitrogen and oxygen atoms in total. The minimum absolute atomic E-state index is 0.718. The second-order valence-corrected chi connectivity index (χ2v) is 4.28. The smallest absolute Gasteiger partial charge is 0.147 e. The van der Waals surface area contributed by atoms with Crippen molar-refractivity contribution in [3.05, 3.63) is 30.0 Å². The fourth-order valence-electron chi connectivity index (χ4n) is 1.77. The summed E-state index contributed by atoms with van der Waals surface area (Å²) in [7, 11) is 4.09. The maximum absolute atomic E-state index is 5.83. The number of para-hydroxylation sites is 1. The first-order valence-corrected chi connectivity index (χ1v) is 5.53. The van der Waals surface area contributed by atoms with Gasteiger partial charge in [0.1, 0.15) is 12.4 Å². The number of hydrogen-bond acceptors (Lipinski definition) is 2. The standard InChI is InChI=1S/C13H18N2O/c1-10-13(16-9-8-15(2)3)11-6-4-5-7-12(11)14-10/h4-7,14H,8-9H2,1-3H3. The predicted octanol–water partition coefficient (Wildman–Crippen LogP) is 2.42. The highest BCUT2D eigenvalue weighted by atomic mass is 16.5. The summed E-state index contributed by atoms with van der Waals surface area (Å²) in [5.74, 6) is 0.984. The van der Waals surface area contributed by atoms with Crippen molar-refractivity contribution in [1.82, 2.24) is 9.88 Å². The molecule has 1 aromatic heterocycles. The van der Waals surface area contributed by atoms with Crippen LogP contribution in [-0.4, -0.2) is 37.1 Å². The Balaban J connectivity index is 2.19. The number of H-pyrrole nitrogens is 1. The van der Waals surface area contributed by atoms with Crippen molar-refractivity contribution in [2.75, 3.05) is 27.2 Å². The second kappa shape index (κ2) is 4.58. The quantitative estimate of drug-likeness (QED) is 0.853. The number of benzene rings is 1. The van der Waals surface area contributed by atoms with Gasteiger partial charge in [0.15, 0.2) is 0 Å². The van der Waals surface area contributed by atoms with Crippen molar-refractivity contribution < 1.29 is 4.74 Å². The highest BCUT2D eigenvalue weighted by molar-refractivity contribution is 5.87. The van der Waals surface area contributed by atoms with Gasteiger partial charge in [-0.25, -0.2) is 0 Å². The lowest BCUT2D eigenvalue weighted by atomic mass is 10.2. The summed E-state index contributed by atoms with van der Waals surface area (Å²) in [4.78, 5) is 5.44. The first-order chi connectivity index (χ1) is 7.68. The van der Waals surface area contributed by atoms with Gasteiger partial charge in [-0.3, -0.25) is 0 Å². The summed E-state index contributed by atoms with van der Waals surface area (Å²) in [5.41, 5.74) is 2.24. The molecule has 0 aliphatic carbocycles. The Labute approximate surface area is 96.0 Å². The molecule has 0 saturated heterocycles. The molecule has 2 aromatic rings.